The smallest absolute Gasteiger partial charge is 0.255 e. The number of fused-ring (bicyclic) bond motifs is 2. The summed E-state index contributed by atoms with van der Waals surface area (Å²) in [6.45, 7) is -0.184. The molecule has 0 saturated carbocycles. The van der Waals surface area contributed by atoms with E-state index in [9.17, 15) is 4.79 Å². The zero-order valence-electron chi connectivity index (χ0n) is 18.8. The van der Waals surface area contributed by atoms with Gasteiger partial charge in [-0.15, -0.1) is 0 Å². The number of amides is 1. The predicted octanol–water partition coefficient (Wildman–Crippen LogP) is 1.37. The molecule has 1 aliphatic rings. The summed E-state index contributed by atoms with van der Waals surface area (Å²) in [4.78, 5) is 18.4. The third-order valence-corrected chi connectivity index (χ3v) is 5.82. The van der Waals surface area contributed by atoms with E-state index in [0.717, 1.165) is 21.4 Å². The van der Waals surface area contributed by atoms with E-state index in [-0.39, 0.29) is 29.1 Å². The lowest BCUT2D eigenvalue weighted by atomic mass is 9.52. The van der Waals surface area contributed by atoms with Crippen LogP contribution in [0.2, 0.25) is 0 Å². The highest BCUT2D eigenvalue weighted by Gasteiger charge is 2.43. The van der Waals surface area contributed by atoms with Crippen molar-refractivity contribution in [3.63, 3.8) is 0 Å². The molecule has 3 heterocycles. The number of carbonyl (C=O) groups excluding carboxylic acids is 1. The maximum Gasteiger partial charge on any atom is 0.255 e. The largest absolute Gasteiger partial charge is 0.514 e. The van der Waals surface area contributed by atoms with Crippen LogP contribution in [0.3, 0.4) is 0 Å². The summed E-state index contributed by atoms with van der Waals surface area (Å²) in [6.07, 6.45) is 3.13. The fourth-order valence-corrected chi connectivity index (χ4v) is 4.26. The van der Waals surface area contributed by atoms with Gasteiger partial charge in [-0.05, 0) is 34.6 Å². The van der Waals surface area contributed by atoms with Crippen molar-refractivity contribution in [2.24, 2.45) is 7.05 Å². The monoisotopic (exact) mass is 452 g/mol. The maximum absolute atomic E-state index is 15.2. The summed E-state index contributed by atoms with van der Waals surface area (Å²) in [5.74, 6) is -1.01. The molecule has 4 aromatic rings. The van der Waals surface area contributed by atoms with Gasteiger partial charge in [0.25, 0.3) is 5.91 Å². The lowest BCUT2D eigenvalue weighted by Gasteiger charge is -2.33. The van der Waals surface area contributed by atoms with Crippen molar-refractivity contribution in [2.75, 3.05) is 0 Å². The number of hydrogen-bond donors (Lipinski definition) is 0. The predicted molar refractivity (Wildman–Crippen MR) is 134 cm³/mol. The molecule has 2 aromatic heterocycles. The number of carbonyl (C=O) groups is 1. The molecule has 5 rings (SSSR count). The van der Waals surface area contributed by atoms with Gasteiger partial charge in [-0.1, -0.05) is 24.3 Å². The molecule has 1 amide bonds. The Morgan fingerprint density at radius 2 is 1.89 bits per heavy atom. The Bertz CT molecular complexity index is 1480. The van der Waals surface area contributed by atoms with E-state index in [4.69, 9.17) is 44.0 Å². The second-order valence-electron chi connectivity index (χ2n) is 8.59. The van der Waals surface area contributed by atoms with Gasteiger partial charge in [-0.2, -0.15) is 5.10 Å². The number of pyridine rings is 1. The third kappa shape index (κ3) is 4.15. The van der Waals surface area contributed by atoms with Crippen LogP contribution >= 0.6 is 0 Å². The minimum atomic E-state index is -1.97. The molecule has 0 saturated heterocycles. The van der Waals surface area contributed by atoms with Crippen molar-refractivity contribution in [3.05, 3.63) is 77.5 Å². The van der Waals surface area contributed by atoms with Gasteiger partial charge in [0.1, 0.15) is 35.1 Å². The normalized spacial score (nSPS) is 14.9. The van der Waals surface area contributed by atoms with Gasteiger partial charge in [0.05, 0.1) is 38.7 Å². The van der Waals surface area contributed by atoms with Crippen LogP contribution < -0.4 is 4.74 Å². The Morgan fingerprint density at radius 1 is 1.11 bits per heavy atom. The molecule has 2 aromatic carbocycles. The molecule has 0 spiro atoms. The van der Waals surface area contributed by atoms with Crippen molar-refractivity contribution >= 4 is 56.0 Å². The molecule has 10 radical (unpaired) electrons. The van der Waals surface area contributed by atoms with Gasteiger partial charge in [-0.25, -0.2) is 4.39 Å². The summed E-state index contributed by atoms with van der Waals surface area (Å²) in [6, 6.07) is 11.8. The Labute approximate surface area is 208 Å². The number of aromatic nitrogens is 3. The van der Waals surface area contributed by atoms with Gasteiger partial charge in [0, 0.05) is 36.1 Å². The topological polar surface area (TPSA) is 60.2 Å². The highest BCUT2D eigenvalue weighted by molar-refractivity contribution is 6.58. The summed E-state index contributed by atoms with van der Waals surface area (Å²) in [5.41, 5.74) is 2.73. The highest BCUT2D eigenvalue weighted by atomic mass is 19.1. The average molecular weight is 451 g/mol. The zero-order chi connectivity index (χ0) is 25.1. The van der Waals surface area contributed by atoms with E-state index >= 15 is 4.39 Å². The molecule has 1 aliphatic heterocycles. The first-order valence-electron chi connectivity index (χ1n) is 10.6. The summed E-state index contributed by atoms with van der Waals surface area (Å²) < 4.78 is 22.1. The number of ether oxygens (including phenoxy) is 1. The number of benzene rings is 2. The standard InChI is InChI=1S/C23H14B5FN4O2/c1-32-11-17-15(3-2-4-19(17)31-32)12-5-6-13(18(29)7-12)10-33-21(34)16-8-14(35-23(26,27)28)9-30-20(16)22(33,24)25/h2-9,11H,10H2,1H3. The first-order chi connectivity index (χ1) is 16.4. The number of hydrogen-bond acceptors (Lipinski definition) is 4. The molecule has 160 valence electrons. The van der Waals surface area contributed by atoms with Crippen LogP contribution in [0.25, 0.3) is 22.0 Å². The van der Waals surface area contributed by atoms with Gasteiger partial charge < -0.3 is 9.64 Å². The van der Waals surface area contributed by atoms with Crippen LogP contribution in [0.4, 0.5) is 4.39 Å². The Hall–Kier alpha value is -3.42. The van der Waals surface area contributed by atoms with Crippen LogP contribution in [0.15, 0.2) is 54.9 Å². The van der Waals surface area contributed by atoms with Crippen molar-refractivity contribution < 1.29 is 13.9 Å². The maximum atomic E-state index is 15.2. The molecule has 12 heteroatoms. The van der Waals surface area contributed by atoms with Crippen molar-refractivity contribution in [3.8, 4) is 16.9 Å². The van der Waals surface area contributed by atoms with Crippen LogP contribution in [-0.4, -0.2) is 70.1 Å². The van der Waals surface area contributed by atoms with Crippen molar-refractivity contribution in [2.45, 2.75) is 17.2 Å². The van der Waals surface area contributed by atoms with E-state index in [1.807, 2.05) is 31.4 Å². The van der Waals surface area contributed by atoms with E-state index in [0.29, 0.717) is 5.56 Å². The number of rotatable bonds is 5. The van der Waals surface area contributed by atoms with E-state index in [1.54, 1.807) is 16.8 Å². The molecule has 0 bridgehead atoms. The lowest BCUT2D eigenvalue weighted by molar-refractivity contribution is 0.0729. The van der Waals surface area contributed by atoms with Crippen LogP contribution in [0.5, 0.6) is 5.75 Å². The van der Waals surface area contributed by atoms with E-state index in [2.05, 4.69) is 10.1 Å². The molecule has 0 aliphatic carbocycles. The molecule has 6 nitrogen and oxygen atoms in total. The lowest BCUT2D eigenvalue weighted by Crippen LogP contribution is -2.44. The average Bonchev–Trinajstić information content (AvgIpc) is 3.23. The Balaban J connectivity index is 1.45. The van der Waals surface area contributed by atoms with E-state index < -0.39 is 22.4 Å². The minimum absolute atomic E-state index is 0.0577. The quantitative estimate of drug-likeness (QED) is 0.430. The molecule has 0 fully saturated rings. The van der Waals surface area contributed by atoms with Gasteiger partial charge in [-0.3, -0.25) is 14.5 Å². The number of aryl methyl sites for hydroxylation is 1. The molecular formula is C23H14B5FN4O2. The third-order valence-electron chi connectivity index (χ3n) is 5.82. The minimum Gasteiger partial charge on any atom is -0.514 e. The Morgan fingerprint density at radius 3 is 2.60 bits per heavy atom. The number of nitrogens with zero attached hydrogens (tertiary/aromatic N) is 4. The fraction of sp³-hybridized carbons (Fsp3) is 0.174. The van der Waals surface area contributed by atoms with Crippen molar-refractivity contribution in [1.29, 1.82) is 0 Å². The van der Waals surface area contributed by atoms with Gasteiger partial charge in [0.15, 0.2) is 0 Å². The summed E-state index contributed by atoms with van der Waals surface area (Å²) >= 11 is 0. The first-order valence-corrected chi connectivity index (χ1v) is 10.6. The van der Waals surface area contributed by atoms with Crippen LogP contribution in [0, 0.1) is 5.82 Å². The highest BCUT2D eigenvalue weighted by Crippen LogP contribution is 2.37. The van der Waals surface area contributed by atoms with Gasteiger partial charge >= 0.3 is 0 Å². The first kappa shape index (κ1) is 23.3. The molecule has 0 atom stereocenters. The summed E-state index contributed by atoms with van der Waals surface area (Å²) in [5, 5.41) is 1.55. The molecular weight excluding hydrogens is 437 g/mol. The zero-order valence-corrected chi connectivity index (χ0v) is 18.8. The van der Waals surface area contributed by atoms with Gasteiger partial charge in [0.2, 0.25) is 0 Å². The molecule has 0 unspecified atom stereocenters. The number of halogens is 1. The van der Waals surface area contributed by atoms with Crippen LogP contribution in [0.1, 0.15) is 21.6 Å². The molecule has 0 N–H and O–H groups in total. The fourth-order valence-electron chi connectivity index (χ4n) is 4.26. The van der Waals surface area contributed by atoms with Crippen molar-refractivity contribution in [1.82, 2.24) is 19.7 Å². The van der Waals surface area contributed by atoms with E-state index in [1.165, 1.54) is 18.3 Å². The van der Waals surface area contributed by atoms with Crippen LogP contribution in [-0.2, 0) is 18.9 Å². The SMILES string of the molecule is [B]C([B])([B])Oc1cnc2c(c1)C(=O)N(Cc1ccc(-c3cccc4nn(C)cc34)cc1F)C2([B])[B]. The second-order valence-corrected chi connectivity index (χ2v) is 8.59. The Kier molecular flexibility index (Phi) is 5.38. The summed E-state index contributed by atoms with van der Waals surface area (Å²) in [7, 11) is 30.7. The molecule has 35 heavy (non-hydrogen) atoms. The second kappa shape index (κ2) is 8.07.